The third-order valence-corrected chi connectivity index (χ3v) is 4.15. The minimum atomic E-state index is -0.413. The van der Waals surface area contributed by atoms with Crippen LogP contribution >= 0.6 is 0 Å². The fraction of sp³-hybridized carbons (Fsp3) is 0.238. The van der Waals surface area contributed by atoms with Gasteiger partial charge in [0.05, 0.1) is 5.69 Å². The molecular weight excluding hydrogens is 347 g/mol. The number of para-hydroxylation sites is 2. The Morgan fingerprint density at radius 3 is 2.67 bits per heavy atom. The summed E-state index contributed by atoms with van der Waals surface area (Å²) in [6, 6.07) is 12.8. The van der Waals surface area contributed by atoms with E-state index in [9.17, 15) is 14.0 Å². The van der Waals surface area contributed by atoms with Crippen LogP contribution in [0.5, 0.6) is 5.75 Å². The number of ether oxygens (including phenoxy) is 1. The molecule has 140 valence electrons. The molecule has 1 aliphatic rings. The maximum Gasteiger partial charge on any atom is 0.294 e. The van der Waals surface area contributed by atoms with Crippen LogP contribution < -0.4 is 15.0 Å². The summed E-state index contributed by atoms with van der Waals surface area (Å²) in [6.07, 6.45) is 3.40. The van der Waals surface area contributed by atoms with Gasteiger partial charge in [-0.25, -0.2) is 4.39 Å². The van der Waals surface area contributed by atoms with Crippen molar-refractivity contribution < 1.29 is 18.7 Å². The third kappa shape index (κ3) is 4.53. The van der Waals surface area contributed by atoms with Crippen LogP contribution in [-0.2, 0) is 9.59 Å². The van der Waals surface area contributed by atoms with E-state index in [2.05, 4.69) is 5.32 Å². The lowest BCUT2D eigenvalue weighted by atomic mass is 10.1. The van der Waals surface area contributed by atoms with E-state index in [1.807, 2.05) is 6.92 Å². The van der Waals surface area contributed by atoms with Crippen LogP contribution in [0.1, 0.15) is 25.3 Å². The molecule has 2 aromatic rings. The van der Waals surface area contributed by atoms with Gasteiger partial charge in [0, 0.05) is 6.54 Å². The van der Waals surface area contributed by atoms with Crippen LogP contribution in [0.2, 0.25) is 0 Å². The van der Waals surface area contributed by atoms with Crippen molar-refractivity contribution in [2.24, 2.45) is 0 Å². The molecule has 2 aromatic carbocycles. The number of amides is 2. The van der Waals surface area contributed by atoms with Gasteiger partial charge in [0.15, 0.2) is 11.5 Å². The van der Waals surface area contributed by atoms with Gasteiger partial charge in [-0.2, -0.15) is 0 Å². The first-order valence-corrected chi connectivity index (χ1v) is 8.91. The number of halogens is 1. The minimum absolute atomic E-state index is 0.0849. The van der Waals surface area contributed by atoms with Crippen LogP contribution in [0, 0.1) is 5.82 Å². The predicted octanol–water partition coefficient (Wildman–Crippen LogP) is 3.51. The summed E-state index contributed by atoms with van der Waals surface area (Å²) >= 11 is 0. The second-order valence-corrected chi connectivity index (χ2v) is 6.22. The van der Waals surface area contributed by atoms with Crippen molar-refractivity contribution in [3.05, 3.63) is 65.7 Å². The molecule has 27 heavy (non-hydrogen) atoms. The average molecular weight is 368 g/mol. The molecule has 0 aliphatic carbocycles. The fourth-order valence-electron chi connectivity index (χ4n) is 2.73. The number of nitrogens with one attached hydrogen (secondary N) is 1. The normalized spacial score (nSPS) is 14.7. The minimum Gasteiger partial charge on any atom is -0.449 e. The molecular formula is C21H21FN2O3. The fourth-order valence-corrected chi connectivity index (χ4v) is 2.73. The second-order valence-electron chi connectivity index (χ2n) is 6.22. The SMILES string of the molecule is CCCCNC(=O)CN1C(=O)C(=Cc2ccc(F)cc2)Oc2ccccc21. The van der Waals surface area contributed by atoms with Crippen LogP contribution in [0.25, 0.3) is 6.08 Å². The molecule has 0 radical (unpaired) electrons. The molecule has 2 amide bonds. The highest BCUT2D eigenvalue weighted by Crippen LogP contribution is 2.35. The number of benzene rings is 2. The van der Waals surface area contributed by atoms with Gasteiger partial charge in [-0.15, -0.1) is 0 Å². The highest BCUT2D eigenvalue weighted by atomic mass is 19.1. The van der Waals surface area contributed by atoms with Crippen LogP contribution in [0.4, 0.5) is 10.1 Å². The lowest BCUT2D eigenvalue weighted by molar-refractivity contribution is -0.123. The summed E-state index contributed by atoms with van der Waals surface area (Å²) in [5.41, 5.74) is 1.18. The number of unbranched alkanes of at least 4 members (excludes halogenated alkanes) is 1. The molecule has 0 bridgehead atoms. The smallest absolute Gasteiger partial charge is 0.294 e. The Balaban J connectivity index is 1.86. The van der Waals surface area contributed by atoms with Gasteiger partial charge >= 0.3 is 0 Å². The molecule has 3 rings (SSSR count). The van der Waals surface area contributed by atoms with Crippen molar-refractivity contribution in [2.75, 3.05) is 18.0 Å². The van der Waals surface area contributed by atoms with E-state index in [0.717, 1.165) is 12.8 Å². The molecule has 0 spiro atoms. The summed E-state index contributed by atoms with van der Waals surface area (Å²) in [4.78, 5) is 26.5. The highest BCUT2D eigenvalue weighted by Gasteiger charge is 2.31. The van der Waals surface area contributed by atoms with E-state index in [0.29, 0.717) is 23.5 Å². The summed E-state index contributed by atoms with van der Waals surface area (Å²) in [5.74, 6) is -0.421. The second kappa shape index (κ2) is 8.49. The number of fused-ring (bicyclic) bond motifs is 1. The van der Waals surface area contributed by atoms with Gasteiger partial charge in [0.25, 0.3) is 5.91 Å². The van der Waals surface area contributed by atoms with E-state index < -0.39 is 5.91 Å². The first kappa shape index (κ1) is 18.6. The van der Waals surface area contributed by atoms with Crippen LogP contribution in [0.3, 0.4) is 0 Å². The Morgan fingerprint density at radius 1 is 1.19 bits per heavy atom. The number of hydrogen-bond acceptors (Lipinski definition) is 3. The number of nitrogens with zero attached hydrogens (tertiary/aromatic N) is 1. The van der Waals surface area contributed by atoms with E-state index >= 15 is 0 Å². The zero-order valence-corrected chi connectivity index (χ0v) is 15.1. The van der Waals surface area contributed by atoms with Gasteiger partial charge in [-0.05, 0) is 42.3 Å². The molecule has 0 atom stereocenters. The molecule has 1 aliphatic heterocycles. The summed E-state index contributed by atoms with van der Waals surface area (Å²) in [7, 11) is 0. The van der Waals surface area contributed by atoms with Gasteiger partial charge in [-0.3, -0.25) is 14.5 Å². The highest BCUT2D eigenvalue weighted by molar-refractivity contribution is 6.12. The molecule has 6 heteroatoms. The zero-order valence-electron chi connectivity index (χ0n) is 15.1. The molecule has 1 N–H and O–H groups in total. The van der Waals surface area contributed by atoms with Crippen molar-refractivity contribution >= 4 is 23.6 Å². The molecule has 0 aromatic heterocycles. The molecule has 0 saturated carbocycles. The Bertz CT molecular complexity index is 862. The van der Waals surface area contributed by atoms with Gasteiger partial charge in [0.2, 0.25) is 5.91 Å². The van der Waals surface area contributed by atoms with Crippen molar-refractivity contribution in [3.63, 3.8) is 0 Å². The van der Waals surface area contributed by atoms with E-state index in [1.165, 1.54) is 17.0 Å². The Labute approximate surface area is 157 Å². The average Bonchev–Trinajstić information content (AvgIpc) is 2.67. The molecule has 1 heterocycles. The number of rotatable bonds is 6. The topological polar surface area (TPSA) is 58.6 Å². The Hall–Kier alpha value is -3.15. The maximum atomic E-state index is 13.1. The van der Waals surface area contributed by atoms with Crippen LogP contribution in [-0.4, -0.2) is 24.9 Å². The van der Waals surface area contributed by atoms with Gasteiger partial charge < -0.3 is 10.1 Å². The summed E-state index contributed by atoms with van der Waals surface area (Å²) < 4.78 is 18.8. The van der Waals surface area contributed by atoms with Crippen molar-refractivity contribution in [3.8, 4) is 5.75 Å². The van der Waals surface area contributed by atoms with Crippen molar-refractivity contribution in [1.82, 2.24) is 5.32 Å². The molecule has 0 unspecified atom stereocenters. The van der Waals surface area contributed by atoms with E-state index in [-0.39, 0.29) is 24.0 Å². The lowest BCUT2D eigenvalue weighted by Gasteiger charge is -2.30. The summed E-state index contributed by atoms with van der Waals surface area (Å²) in [6.45, 7) is 2.53. The quantitative estimate of drug-likeness (QED) is 0.627. The van der Waals surface area contributed by atoms with E-state index in [1.54, 1.807) is 42.5 Å². The third-order valence-electron chi connectivity index (χ3n) is 4.15. The van der Waals surface area contributed by atoms with Crippen LogP contribution in [0.15, 0.2) is 54.3 Å². The monoisotopic (exact) mass is 368 g/mol. The van der Waals surface area contributed by atoms with E-state index in [4.69, 9.17) is 4.74 Å². The first-order chi connectivity index (χ1) is 13.1. The summed E-state index contributed by atoms with van der Waals surface area (Å²) in [5, 5.41) is 2.82. The number of carbonyl (C=O) groups is 2. The molecule has 0 fully saturated rings. The predicted molar refractivity (Wildman–Crippen MR) is 102 cm³/mol. The zero-order chi connectivity index (χ0) is 19.2. The standard InChI is InChI=1S/C21H21FN2O3/c1-2-3-12-23-20(25)14-24-17-6-4-5-7-18(17)27-19(21(24)26)13-15-8-10-16(22)11-9-15/h4-11,13H,2-3,12,14H2,1H3,(H,23,25). The largest absolute Gasteiger partial charge is 0.449 e. The number of hydrogen-bond donors (Lipinski definition) is 1. The number of anilines is 1. The number of carbonyl (C=O) groups excluding carboxylic acids is 2. The molecule has 0 saturated heterocycles. The van der Waals surface area contributed by atoms with Crippen molar-refractivity contribution in [1.29, 1.82) is 0 Å². The molecule has 5 nitrogen and oxygen atoms in total. The maximum absolute atomic E-state index is 13.1. The Kier molecular flexibility index (Phi) is 5.86. The van der Waals surface area contributed by atoms with Gasteiger partial charge in [0.1, 0.15) is 12.4 Å². The Morgan fingerprint density at radius 2 is 1.93 bits per heavy atom. The van der Waals surface area contributed by atoms with Gasteiger partial charge in [-0.1, -0.05) is 37.6 Å². The lowest BCUT2D eigenvalue weighted by Crippen LogP contribution is -2.44. The van der Waals surface area contributed by atoms with Crippen molar-refractivity contribution in [2.45, 2.75) is 19.8 Å². The first-order valence-electron chi connectivity index (χ1n) is 8.91.